The quantitative estimate of drug-likeness (QED) is 0.627. The fourth-order valence-corrected chi connectivity index (χ4v) is 1.94. The number of carbonyl (C=O) groups is 2. The molecule has 2 amide bonds. The molecule has 4 N–H and O–H groups in total. The molecule has 1 unspecified atom stereocenters. The van der Waals surface area contributed by atoms with Gasteiger partial charge in [0.25, 0.3) is 0 Å². The normalized spacial score (nSPS) is 12.3. The Bertz CT molecular complexity index is 514. The topological polar surface area (TPSA) is 106 Å². The van der Waals surface area contributed by atoms with Crippen LogP contribution in [0.25, 0.3) is 0 Å². The van der Waals surface area contributed by atoms with Gasteiger partial charge in [0, 0.05) is 12.7 Å². The number of ether oxygens (including phenoxy) is 1. The van der Waals surface area contributed by atoms with Crippen LogP contribution in [-0.2, 0) is 16.1 Å². The van der Waals surface area contributed by atoms with Crippen LogP contribution < -0.4 is 16.4 Å². The molecule has 0 saturated heterocycles. The number of hydrogen-bond acceptors (Lipinski definition) is 5. The van der Waals surface area contributed by atoms with Gasteiger partial charge in [0.05, 0.1) is 18.3 Å². The number of carbonyl (C=O) groups excluding carboxylic acids is 2. The lowest BCUT2D eigenvalue weighted by Crippen LogP contribution is -2.40. The van der Waals surface area contributed by atoms with E-state index in [1.54, 1.807) is 6.20 Å². The number of nitrogens with two attached hydrogens (primary N) is 1. The van der Waals surface area contributed by atoms with Crippen LogP contribution in [-0.4, -0.2) is 35.2 Å². The molecule has 0 radical (unpaired) electrons. The van der Waals surface area contributed by atoms with Gasteiger partial charge in [0.2, 0.25) is 5.91 Å². The summed E-state index contributed by atoms with van der Waals surface area (Å²) in [5, 5.41) is 5.45. The van der Waals surface area contributed by atoms with Gasteiger partial charge in [-0.25, -0.2) is 4.79 Å². The maximum atomic E-state index is 11.9. The highest BCUT2D eigenvalue weighted by atomic mass is 16.6. The zero-order valence-corrected chi connectivity index (χ0v) is 14.7. The van der Waals surface area contributed by atoms with Crippen molar-refractivity contribution in [3.63, 3.8) is 0 Å². The highest BCUT2D eigenvalue weighted by molar-refractivity contribution is 5.81. The van der Waals surface area contributed by atoms with Crippen LogP contribution in [0.1, 0.15) is 45.7 Å². The summed E-state index contributed by atoms with van der Waals surface area (Å²) in [6.07, 6.45) is 3.29. The Hall–Kier alpha value is -2.15. The molecule has 0 aromatic carbocycles. The maximum Gasteiger partial charge on any atom is 0.407 e. The van der Waals surface area contributed by atoms with Crippen LogP contribution in [0, 0.1) is 0 Å². The monoisotopic (exact) mass is 336 g/mol. The van der Waals surface area contributed by atoms with E-state index < -0.39 is 17.7 Å². The Balaban J connectivity index is 2.11. The lowest BCUT2D eigenvalue weighted by atomic mass is 10.1. The zero-order chi connectivity index (χ0) is 18.0. The average molecular weight is 336 g/mol. The summed E-state index contributed by atoms with van der Waals surface area (Å²) in [5.41, 5.74) is 6.15. The van der Waals surface area contributed by atoms with E-state index in [1.165, 1.54) is 0 Å². The van der Waals surface area contributed by atoms with Crippen LogP contribution in [0.5, 0.6) is 0 Å². The first kappa shape index (κ1) is 19.9. The van der Waals surface area contributed by atoms with Crippen molar-refractivity contribution >= 4 is 12.0 Å². The SMILES string of the molecule is CC(C)(C)OC(=O)NCCCCC(N)C(=O)NCc1ccccn1. The molecular weight excluding hydrogens is 308 g/mol. The van der Waals surface area contributed by atoms with E-state index in [2.05, 4.69) is 15.6 Å². The Kier molecular flexibility index (Phi) is 8.18. The number of alkyl carbamates (subject to hydrolysis) is 1. The van der Waals surface area contributed by atoms with Crippen molar-refractivity contribution in [1.29, 1.82) is 0 Å². The molecule has 0 saturated carbocycles. The Morgan fingerprint density at radius 3 is 2.62 bits per heavy atom. The van der Waals surface area contributed by atoms with E-state index in [9.17, 15) is 9.59 Å². The Morgan fingerprint density at radius 2 is 2.00 bits per heavy atom. The molecule has 0 bridgehead atoms. The molecule has 1 aromatic rings. The molecule has 1 heterocycles. The molecule has 1 aromatic heterocycles. The maximum absolute atomic E-state index is 11.9. The van der Waals surface area contributed by atoms with Gasteiger partial charge in [0.15, 0.2) is 0 Å². The highest BCUT2D eigenvalue weighted by Gasteiger charge is 2.16. The van der Waals surface area contributed by atoms with Crippen LogP contribution in [0.3, 0.4) is 0 Å². The minimum atomic E-state index is -0.560. The Morgan fingerprint density at radius 1 is 1.25 bits per heavy atom. The molecule has 0 spiro atoms. The number of nitrogens with one attached hydrogen (secondary N) is 2. The van der Waals surface area contributed by atoms with Gasteiger partial charge in [0.1, 0.15) is 5.60 Å². The summed E-state index contributed by atoms with van der Waals surface area (Å²) in [4.78, 5) is 27.5. The number of hydrogen-bond donors (Lipinski definition) is 3. The van der Waals surface area contributed by atoms with E-state index in [4.69, 9.17) is 10.5 Å². The van der Waals surface area contributed by atoms with Crippen LogP contribution in [0.4, 0.5) is 4.79 Å². The number of amides is 2. The fourth-order valence-electron chi connectivity index (χ4n) is 1.94. The van der Waals surface area contributed by atoms with Crippen LogP contribution in [0.2, 0.25) is 0 Å². The van der Waals surface area contributed by atoms with Crippen molar-refractivity contribution in [3.05, 3.63) is 30.1 Å². The van der Waals surface area contributed by atoms with Gasteiger partial charge in [-0.3, -0.25) is 9.78 Å². The smallest absolute Gasteiger partial charge is 0.407 e. The van der Waals surface area contributed by atoms with E-state index in [0.717, 1.165) is 18.5 Å². The summed E-state index contributed by atoms with van der Waals surface area (Å²) >= 11 is 0. The van der Waals surface area contributed by atoms with Gasteiger partial charge in [-0.05, 0) is 52.2 Å². The minimum Gasteiger partial charge on any atom is -0.444 e. The number of unbranched alkanes of at least 4 members (excludes halogenated alkanes) is 1. The fraction of sp³-hybridized carbons (Fsp3) is 0.588. The predicted octanol–water partition coefficient (Wildman–Crippen LogP) is 1.72. The van der Waals surface area contributed by atoms with Gasteiger partial charge >= 0.3 is 6.09 Å². The molecule has 7 nitrogen and oxygen atoms in total. The lowest BCUT2D eigenvalue weighted by molar-refractivity contribution is -0.122. The summed E-state index contributed by atoms with van der Waals surface area (Å²) in [5.74, 6) is -0.194. The number of pyridine rings is 1. The molecule has 0 aliphatic carbocycles. The molecule has 1 atom stereocenters. The van der Waals surface area contributed by atoms with Crippen molar-refractivity contribution < 1.29 is 14.3 Å². The standard InChI is InChI=1S/C17H28N4O3/c1-17(2,3)24-16(23)20-11-7-5-9-14(18)15(22)21-12-13-8-4-6-10-19-13/h4,6,8,10,14H,5,7,9,11-12,18H2,1-3H3,(H,20,23)(H,21,22). The van der Waals surface area contributed by atoms with Crippen LogP contribution >= 0.6 is 0 Å². The second kappa shape index (κ2) is 9.87. The third-order valence-electron chi connectivity index (χ3n) is 3.12. The molecule has 0 fully saturated rings. The first-order valence-electron chi connectivity index (χ1n) is 8.18. The summed E-state index contributed by atoms with van der Waals surface area (Å²) < 4.78 is 5.13. The number of rotatable bonds is 8. The molecular formula is C17H28N4O3. The van der Waals surface area contributed by atoms with Crippen molar-refractivity contribution in [2.45, 2.75) is 58.2 Å². The number of nitrogens with zero attached hydrogens (tertiary/aromatic N) is 1. The summed E-state index contributed by atoms with van der Waals surface area (Å²) in [6, 6.07) is 4.97. The molecule has 0 aliphatic heterocycles. The van der Waals surface area contributed by atoms with Gasteiger partial charge in [-0.2, -0.15) is 0 Å². The zero-order valence-electron chi connectivity index (χ0n) is 14.7. The van der Waals surface area contributed by atoms with Crippen molar-refractivity contribution in [3.8, 4) is 0 Å². The van der Waals surface area contributed by atoms with Crippen molar-refractivity contribution in [2.24, 2.45) is 5.73 Å². The van der Waals surface area contributed by atoms with Crippen molar-refractivity contribution in [1.82, 2.24) is 15.6 Å². The largest absolute Gasteiger partial charge is 0.444 e. The molecule has 134 valence electrons. The molecule has 24 heavy (non-hydrogen) atoms. The van der Waals surface area contributed by atoms with E-state index >= 15 is 0 Å². The second-order valence-corrected chi connectivity index (χ2v) is 6.57. The Labute approximate surface area is 143 Å². The molecule has 1 rings (SSSR count). The highest BCUT2D eigenvalue weighted by Crippen LogP contribution is 2.06. The molecule has 7 heteroatoms. The first-order chi connectivity index (χ1) is 11.3. The summed E-state index contributed by atoms with van der Waals surface area (Å²) in [6.45, 7) is 6.31. The van der Waals surface area contributed by atoms with Gasteiger partial charge < -0.3 is 21.1 Å². The summed E-state index contributed by atoms with van der Waals surface area (Å²) in [7, 11) is 0. The van der Waals surface area contributed by atoms with Gasteiger partial charge in [-0.1, -0.05) is 6.07 Å². The predicted molar refractivity (Wildman–Crippen MR) is 92.1 cm³/mol. The first-order valence-corrected chi connectivity index (χ1v) is 8.18. The third kappa shape index (κ3) is 9.09. The van der Waals surface area contributed by atoms with Crippen molar-refractivity contribution in [2.75, 3.05) is 6.54 Å². The van der Waals surface area contributed by atoms with Gasteiger partial charge in [-0.15, -0.1) is 0 Å². The van der Waals surface area contributed by atoms with E-state index in [1.807, 2.05) is 39.0 Å². The lowest BCUT2D eigenvalue weighted by Gasteiger charge is -2.19. The average Bonchev–Trinajstić information content (AvgIpc) is 2.51. The number of aromatic nitrogens is 1. The van der Waals surface area contributed by atoms with Crippen LogP contribution in [0.15, 0.2) is 24.4 Å². The van der Waals surface area contributed by atoms with E-state index in [-0.39, 0.29) is 5.91 Å². The molecule has 0 aliphatic rings. The van der Waals surface area contributed by atoms with E-state index in [0.29, 0.717) is 19.5 Å². The second-order valence-electron chi connectivity index (χ2n) is 6.57. The minimum absolute atomic E-state index is 0.194. The third-order valence-corrected chi connectivity index (χ3v) is 3.12.